The van der Waals surface area contributed by atoms with Crippen molar-refractivity contribution in [2.24, 2.45) is 11.8 Å². The molecule has 0 radical (unpaired) electrons. The lowest BCUT2D eigenvalue weighted by atomic mass is 10.0. The maximum atomic E-state index is 10.4. The van der Waals surface area contributed by atoms with E-state index in [9.17, 15) is 5.11 Å². The van der Waals surface area contributed by atoms with Crippen LogP contribution >= 0.6 is 11.6 Å². The van der Waals surface area contributed by atoms with E-state index in [0.29, 0.717) is 35.8 Å². The minimum atomic E-state index is -0.514. The van der Waals surface area contributed by atoms with Gasteiger partial charge >= 0.3 is 0 Å². The number of benzene rings is 1. The summed E-state index contributed by atoms with van der Waals surface area (Å²) in [6.45, 7) is 6.03. The molecule has 1 aromatic carbocycles. The number of ether oxygens (including phenoxy) is 3. The van der Waals surface area contributed by atoms with Crippen LogP contribution in [0.15, 0.2) is 24.3 Å². The second kappa shape index (κ2) is 8.28. The van der Waals surface area contributed by atoms with E-state index in [1.165, 1.54) is 5.57 Å². The molecular formula is C20H26ClNO4. The van der Waals surface area contributed by atoms with Gasteiger partial charge in [-0.1, -0.05) is 17.7 Å². The number of rotatable bonds is 6. The summed E-state index contributed by atoms with van der Waals surface area (Å²) in [6.07, 6.45) is 2.45. The third kappa shape index (κ3) is 4.41. The summed E-state index contributed by atoms with van der Waals surface area (Å²) in [5.41, 5.74) is 2.30. The molecule has 3 aliphatic heterocycles. The predicted molar refractivity (Wildman–Crippen MR) is 101 cm³/mol. The molecule has 0 spiro atoms. The molecule has 5 nitrogen and oxygen atoms in total. The van der Waals surface area contributed by atoms with Gasteiger partial charge in [-0.15, -0.1) is 0 Å². The second-order valence-electron chi connectivity index (χ2n) is 7.47. The standard InChI is InChI=1S/C20H26ClNO4/c21-18-5-15(14-1-3-24-4-2-14)6-20(7-18)26-13-19(23)10-22-8-16-11-25-12-17(16)9-22/h1,5-7,16-17,19,23H,2-4,8-13H2/t16-,17+,19?. The molecule has 6 heteroatoms. The number of halogens is 1. The molecule has 1 unspecified atom stereocenters. The lowest BCUT2D eigenvalue weighted by Crippen LogP contribution is -2.35. The molecule has 2 saturated heterocycles. The number of aliphatic hydroxyl groups excluding tert-OH is 1. The monoisotopic (exact) mass is 379 g/mol. The normalized spacial score (nSPS) is 27.2. The Bertz CT molecular complexity index is 653. The zero-order chi connectivity index (χ0) is 17.9. The van der Waals surface area contributed by atoms with Crippen LogP contribution in [-0.4, -0.2) is 68.8 Å². The number of hydrogen-bond donors (Lipinski definition) is 1. The van der Waals surface area contributed by atoms with Crippen LogP contribution in [-0.2, 0) is 9.47 Å². The minimum Gasteiger partial charge on any atom is -0.491 e. The van der Waals surface area contributed by atoms with Gasteiger partial charge in [0.05, 0.1) is 26.4 Å². The number of fused-ring (bicyclic) bond motifs is 1. The Morgan fingerprint density at radius 1 is 1.19 bits per heavy atom. The SMILES string of the molecule is OC(COc1cc(Cl)cc(C2=CCOCC2)c1)CN1C[C@H]2COC[C@H]2C1. The van der Waals surface area contributed by atoms with Gasteiger partial charge in [0, 0.05) is 36.5 Å². The fraction of sp³-hybridized carbons (Fsp3) is 0.600. The van der Waals surface area contributed by atoms with Gasteiger partial charge in [-0.05, 0) is 35.8 Å². The third-order valence-electron chi connectivity index (χ3n) is 5.43. The molecule has 26 heavy (non-hydrogen) atoms. The molecule has 3 atom stereocenters. The van der Waals surface area contributed by atoms with Crippen LogP contribution in [0.3, 0.4) is 0 Å². The molecule has 2 fully saturated rings. The highest BCUT2D eigenvalue weighted by Gasteiger charge is 2.37. The highest BCUT2D eigenvalue weighted by atomic mass is 35.5. The van der Waals surface area contributed by atoms with E-state index in [2.05, 4.69) is 11.0 Å². The van der Waals surface area contributed by atoms with Crippen molar-refractivity contribution in [1.29, 1.82) is 0 Å². The number of β-amino-alcohol motifs (C(OH)–C–C–N with tert-alkyl or cyclic N) is 1. The molecule has 0 amide bonds. The highest BCUT2D eigenvalue weighted by Crippen LogP contribution is 2.30. The van der Waals surface area contributed by atoms with Gasteiger partial charge in [-0.2, -0.15) is 0 Å². The molecule has 4 rings (SSSR count). The Morgan fingerprint density at radius 3 is 2.73 bits per heavy atom. The smallest absolute Gasteiger partial charge is 0.121 e. The van der Waals surface area contributed by atoms with Crippen molar-refractivity contribution in [3.63, 3.8) is 0 Å². The fourth-order valence-electron chi connectivity index (χ4n) is 4.10. The molecule has 3 heterocycles. The van der Waals surface area contributed by atoms with Crippen LogP contribution < -0.4 is 4.74 Å². The summed E-state index contributed by atoms with van der Waals surface area (Å²) in [6, 6.07) is 5.75. The van der Waals surface area contributed by atoms with E-state index in [1.54, 1.807) is 6.07 Å². The Labute approximate surface area is 159 Å². The Balaban J connectivity index is 1.31. The van der Waals surface area contributed by atoms with E-state index in [0.717, 1.165) is 44.9 Å². The van der Waals surface area contributed by atoms with Gasteiger partial charge in [0.15, 0.2) is 0 Å². The van der Waals surface area contributed by atoms with E-state index in [4.69, 9.17) is 25.8 Å². The molecule has 0 bridgehead atoms. The maximum absolute atomic E-state index is 10.4. The number of hydrogen-bond acceptors (Lipinski definition) is 5. The van der Waals surface area contributed by atoms with Crippen LogP contribution in [0.1, 0.15) is 12.0 Å². The van der Waals surface area contributed by atoms with Crippen molar-refractivity contribution < 1.29 is 19.3 Å². The van der Waals surface area contributed by atoms with Crippen molar-refractivity contribution in [3.05, 3.63) is 34.9 Å². The first-order valence-electron chi connectivity index (χ1n) is 9.36. The average molecular weight is 380 g/mol. The molecule has 0 saturated carbocycles. The third-order valence-corrected chi connectivity index (χ3v) is 5.65. The summed E-state index contributed by atoms with van der Waals surface area (Å²) in [5, 5.41) is 11.0. The quantitative estimate of drug-likeness (QED) is 0.822. The van der Waals surface area contributed by atoms with Gasteiger partial charge in [-0.25, -0.2) is 0 Å². The van der Waals surface area contributed by atoms with Crippen molar-refractivity contribution in [2.45, 2.75) is 12.5 Å². The largest absolute Gasteiger partial charge is 0.491 e. The molecule has 142 valence electrons. The van der Waals surface area contributed by atoms with Crippen LogP contribution in [0.2, 0.25) is 5.02 Å². The molecule has 1 aromatic rings. The lowest BCUT2D eigenvalue weighted by Gasteiger charge is -2.21. The number of aliphatic hydroxyl groups is 1. The Kier molecular flexibility index (Phi) is 5.81. The maximum Gasteiger partial charge on any atom is 0.121 e. The van der Waals surface area contributed by atoms with Crippen LogP contribution in [0.25, 0.3) is 5.57 Å². The first-order chi connectivity index (χ1) is 12.7. The van der Waals surface area contributed by atoms with E-state index in [-0.39, 0.29) is 6.61 Å². The summed E-state index contributed by atoms with van der Waals surface area (Å²) in [4.78, 5) is 2.32. The van der Waals surface area contributed by atoms with Crippen molar-refractivity contribution in [3.8, 4) is 5.75 Å². The van der Waals surface area contributed by atoms with Crippen molar-refractivity contribution in [1.82, 2.24) is 4.90 Å². The van der Waals surface area contributed by atoms with Gasteiger partial charge in [-0.3, -0.25) is 4.90 Å². The van der Waals surface area contributed by atoms with Gasteiger partial charge in [0.25, 0.3) is 0 Å². The summed E-state index contributed by atoms with van der Waals surface area (Å²) in [5.74, 6) is 1.96. The van der Waals surface area contributed by atoms with E-state index >= 15 is 0 Å². The molecule has 3 aliphatic rings. The molecular weight excluding hydrogens is 354 g/mol. The van der Waals surface area contributed by atoms with E-state index < -0.39 is 6.10 Å². The predicted octanol–water partition coefficient (Wildman–Crippen LogP) is 2.46. The number of likely N-dealkylation sites (tertiary alicyclic amines) is 1. The van der Waals surface area contributed by atoms with Crippen LogP contribution in [0.4, 0.5) is 0 Å². The van der Waals surface area contributed by atoms with Gasteiger partial charge < -0.3 is 19.3 Å². The van der Waals surface area contributed by atoms with Crippen LogP contribution in [0, 0.1) is 11.8 Å². The molecule has 0 aliphatic carbocycles. The summed E-state index contributed by atoms with van der Waals surface area (Å²) in [7, 11) is 0. The first kappa shape index (κ1) is 18.3. The summed E-state index contributed by atoms with van der Waals surface area (Å²) >= 11 is 6.26. The Morgan fingerprint density at radius 2 is 2.00 bits per heavy atom. The second-order valence-corrected chi connectivity index (χ2v) is 7.91. The number of nitrogens with zero attached hydrogens (tertiary/aromatic N) is 1. The minimum absolute atomic E-state index is 0.268. The van der Waals surface area contributed by atoms with Gasteiger partial charge in [0.1, 0.15) is 18.5 Å². The summed E-state index contributed by atoms with van der Waals surface area (Å²) < 4.78 is 16.7. The van der Waals surface area contributed by atoms with E-state index in [1.807, 2.05) is 12.1 Å². The Hall–Kier alpha value is -1.11. The van der Waals surface area contributed by atoms with Crippen molar-refractivity contribution >= 4 is 17.2 Å². The first-order valence-corrected chi connectivity index (χ1v) is 9.74. The fourth-order valence-corrected chi connectivity index (χ4v) is 4.32. The van der Waals surface area contributed by atoms with Crippen LogP contribution in [0.5, 0.6) is 5.75 Å². The van der Waals surface area contributed by atoms with Crippen molar-refractivity contribution in [2.75, 3.05) is 52.7 Å². The average Bonchev–Trinajstić information content (AvgIpc) is 3.22. The molecule has 1 N–H and O–H groups in total. The zero-order valence-corrected chi connectivity index (χ0v) is 15.7. The van der Waals surface area contributed by atoms with Gasteiger partial charge in [0.2, 0.25) is 0 Å². The zero-order valence-electron chi connectivity index (χ0n) is 14.9. The molecule has 0 aromatic heterocycles. The highest BCUT2D eigenvalue weighted by molar-refractivity contribution is 6.30. The lowest BCUT2D eigenvalue weighted by molar-refractivity contribution is 0.0676. The topological polar surface area (TPSA) is 51.2 Å².